The average Bonchev–Trinajstić information content (AvgIpc) is 3.15. The predicted octanol–water partition coefficient (Wildman–Crippen LogP) is 1.48. The number of carbonyl (C=O) groups is 1. The molecule has 0 spiro atoms. The molecule has 6 nitrogen and oxygen atoms in total. The third-order valence-electron chi connectivity index (χ3n) is 4.12. The van der Waals surface area contributed by atoms with Crippen molar-refractivity contribution in [3.05, 3.63) is 4.88 Å². The van der Waals surface area contributed by atoms with Crippen molar-refractivity contribution in [2.24, 2.45) is 5.92 Å². The smallest absolute Gasteiger partial charge is 0.265 e. The number of hydrogen-bond acceptors (Lipinski definition) is 6. The number of nitrogen functional groups attached to an aromatic ring is 1. The van der Waals surface area contributed by atoms with E-state index in [9.17, 15) is 4.79 Å². The monoisotopic (exact) mass is 310 g/mol. The average molecular weight is 310 g/mol. The molecule has 2 aliphatic heterocycles. The third kappa shape index (κ3) is 3.47. The van der Waals surface area contributed by atoms with Gasteiger partial charge in [-0.3, -0.25) is 4.79 Å². The van der Waals surface area contributed by atoms with Gasteiger partial charge in [0.15, 0.2) is 5.13 Å². The summed E-state index contributed by atoms with van der Waals surface area (Å²) in [4.78, 5) is 19.4. The van der Waals surface area contributed by atoms with Gasteiger partial charge in [-0.25, -0.2) is 4.98 Å². The van der Waals surface area contributed by atoms with Crippen molar-refractivity contribution in [2.45, 2.75) is 25.7 Å². The fourth-order valence-corrected chi connectivity index (χ4v) is 3.75. The molecule has 1 amide bonds. The van der Waals surface area contributed by atoms with Gasteiger partial charge in [-0.2, -0.15) is 0 Å². The fourth-order valence-electron chi connectivity index (χ4n) is 2.79. The van der Waals surface area contributed by atoms with Crippen LogP contribution in [0.5, 0.6) is 0 Å². The number of nitrogens with two attached hydrogens (primary N) is 1. The van der Waals surface area contributed by atoms with Crippen molar-refractivity contribution < 1.29 is 9.53 Å². The van der Waals surface area contributed by atoms with Crippen LogP contribution in [0.2, 0.25) is 0 Å². The molecule has 2 saturated heterocycles. The molecule has 0 atom stereocenters. The zero-order valence-electron chi connectivity index (χ0n) is 12.1. The van der Waals surface area contributed by atoms with Gasteiger partial charge in [0, 0.05) is 32.8 Å². The Morgan fingerprint density at radius 2 is 2.10 bits per heavy atom. The predicted molar refractivity (Wildman–Crippen MR) is 83.8 cm³/mol. The van der Waals surface area contributed by atoms with E-state index in [0.717, 1.165) is 44.3 Å². The molecule has 7 heteroatoms. The highest BCUT2D eigenvalue weighted by atomic mass is 32.1. The SMILES string of the molecule is Nc1nc(N2CCCC2)sc1C(=O)NCC1CCOCC1. The highest BCUT2D eigenvalue weighted by Crippen LogP contribution is 2.30. The first kappa shape index (κ1) is 14.6. The number of nitrogens with one attached hydrogen (secondary N) is 1. The molecule has 0 radical (unpaired) electrons. The van der Waals surface area contributed by atoms with Gasteiger partial charge in [0.25, 0.3) is 5.91 Å². The quantitative estimate of drug-likeness (QED) is 0.880. The molecule has 1 aromatic rings. The van der Waals surface area contributed by atoms with E-state index in [-0.39, 0.29) is 5.91 Å². The van der Waals surface area contributed by atoms with Gasteiger partial charge in [0.1, 0.15) is 10.7 Å². The molecule has 0 aromatic carbocycles. The molecule has 0 aliphatic carbocycles. The molecule has 2 fully saturated rings. The molecule has 0 bridgehead atoms. The maximum absolute atomic E-state index is 12.3. The summed E-state index contributed by atoms with van der Waals surface area (Å²) in [6, 6.07) is 0. The molecule has 0 unspecified atom stereocenters. The zero-order chi connectivity index (χ0) is 14.7. The second-order valence-corrected chi connectivity index (χ2v) is 6.65. The fraction of sp³-hybridized carbons (Fsp3) is 0.714. The van der Waals surface area contributed by atoms with Crippen LogP contribution in [0.15, 0.2) is 0 Å². The lowest BCUT2D eigenvalue weighted by atomic mass is 10.0. The van der Waals surface area contributed by atoms with Crippen molar-refractivity contribution in [3.63, 3.8) is 0 Å². The summed E-state index contributed by atoms with van der Waals surface area (Å²) in [5, 5.41) is 3.87. The second kappa shape index (κ2) is 6.62. The largest absolute Gasteiger partial charge is 0.382 e. The van der Waals surface area contributed by atoms with Gasteiger partial charge in [0.2, 0.25) is 0 Å². The highest BCUT2D eigenvalue weighted by Gasteiger charge is 2.22. The minimum Gasteiger partial charge on any atom is -0.382 e. The number of rotatable bonds is 4. The van der Waals surface area contributed by atoms with E-state index in [0.29, 0.717) is 23.2 Å². The number of aromatic nitrogens is 1. The van der Waals surface area contributed by atoms with E-state index in [1.807, 2.05) is 0 Å². The van der Waals surface area contributed by atoms with E-state index in [1.165, 1.54) is 24.2 Å². The van der Waals surface area contributed by atoms with Crippen LogP contribution in [-0.2, 0) is 4.74 Å². The van der Waals surface area contributed by atoms with Crippen LogP contribution in [0.4, 0.5) is 10.9 Å². The number of hydrogen-bond donors (Lipinski definition) is 2. The van der Waals surface area contributed by atoms with Gasteiger partial charge in [-0.15, -0.1) is 0 Å². The Morgan fingerprint density at radius 1 is 1.38 bits per heavy atom. The molecule has 0 saturated carbocycles. The van der Waals surface area contributed by atoms with Gasteiger partial charge < -0.3 is 20.7 Å². The van der Waals surface area contributed by atoms with Crippen LogP contribution in [0.1, 0.15) is 35.4 Å². The number of nitrogens with zero attached hydrogens (tertiary/aromatic N) is 2. The molecule has 3 N–H and O–H groups in total. The normalized spacial score (nSPS) is 19.9. The lowest BCUT2D eigenvalue weighted by Gasteiger charge is -2.21. The van der Waals surface area contributed by atoms with Crippen molar-refractivity contribution >= 4 is 28.2 Å². The van der Waals surface area contributed by atoms with Crippen molar-refractivity contribution in [1.29, 1.82) is 0 Å². The van der Waals surface area contributed by atoms with Gasteiger partial charge in [-0.1, -0.05) is 11.3 Å². The summed E-state index contributed by atoms with van der Waals surface area (Å²) in [5.74, 6) is 0.767. The Bertz CT molecular complexity index is 493. The summed E-state index contributed by atoms with van der Waals surface area (Å²) in [6.45, 7) is 4.30. The van der Waals surface area contributed by atoms with Crippen LogP contribution in [0.25, 0.3) is 0 Å². The molecule has 3 rings (SSSR count). The van der Waals surface area contributed by atoms with Crippen molar-refractivity contribution in [3.8, 4) is 0 Å². The lowest BCUT2D eigenvalue weighted by molar-refractivity contribution is 0.0643. The van der Waals surface area contributed by atoms with Crippen LogP contribution < -0.4 is 16.0 Å². The number of anilines is 2. The Balaban J connectivity index is 1.58. The number of thiazole rings is 1. The maximum Gasteiger partial charge on any atom is 0.265 e. The van der Waals surface area contributed by atoms with Gasteiger partial charge in [-0.05, 0) is 31.6 Å². The van der Waals surface area contributed by atoms with Crippen LogP contribution in [0.3, 0.4) is 0 Å². The Kier molecular flexibility index (Phi) is 4.60. The van der Waals surface area contributed by atoms with E-state index >= 15 is 0 Å². The minimum atomic E-state index is -0.0954. The lowest BCUT2D eigenvalue weighted by Crippen LogP contribution is -2.32. The second-order valence-electron chi connectivity index (χ2n) is 5.67. The molecular formula is C14H22N4O2S. The van der Waals surface area contributed by atoms with E-state index < -0.39 is 0 Å². The van der Waals surface area contributed by atoms with Gasteiger partial charge >= 0.3 is 0 Å². The number of carbonyl (C=O) groups excluding carboxylic acids is 1. The van der Waals surface area contributed by atoms with Crippen LogP contribution in [-0.4, -0.2) is 43.7 Å². The van der Waals surface area contributed by atoms with Crippen molar-refractivity contribution in [1.82, 2.24) is 10.3 Å². The summed E-state index contributed by atoms with van der Waals surface area (Å²) in [6.07, 6.45) is 4.39. The van der Waals surface area contributed by atoms with Crippen LogP contribution >= 0.6 is 11.3 Å². The van der Waals surface area contributed by atoms with E-state index in [2.05, 4.69) is 15.2 Å². The van der Waals surface area contributed by atoms with Crippen molar-refractivity contribution in [2.75, 3.05) is 43.5 Å². The standard InChI is InChI=1S/C14H22N4O2S/c15-12-11(21-14(17-12)18-5-1-2-6-18)13(19)16-9-10-3-7-20-8-4-10/h10H,1-9,15H2,(H,16,19). The zero-order valence-corrected chi connectivity index (χ0v) is 13.0. The summed E-state index contributed by atoms with van der Waals surface area (Å²) in [7, 11) is 0. The molecule has 116 valence electrons. The maximum atomic E-state index is 12.3. The molecule has 21 heavy (non-hydrogen) atoms. The molecule has 1 aromatic heterocycles. The Hall–Kier alpha value is -1.34. The third-order valence-corrected chi connectivity index (χ3v) is 5.25. The Labute approximate surface area is 128 Å². The highest BCUT2D eigenvalue weighted by molar-refractivity contribution is 7.18. The topological polar surface area (TPSA) is 80.5 Å². The van der Waals surface area contributed by atoms with E-state index in [4.69, 9.17) is 10.5 Å². The van der Waals surface area contributed by atoms with Crippen LogP contribution in [0, 0.1) is 5.92 Å². The first-order valence-corrected chi connectivity index (χ1v) is 8.43. The molecule has 3 heterocycles. The molecular weight excluding hydrogens is 288 g/mol. The summed E-state index contributed by atoms with van der Waals surface area (Å²) in [5.41, 5.74) is 5.91. The number of amides is 1. The first-order chi connectivity index (χ1) is 10.2. The molecule has 2 aliphatic rings. The summed E-state index contributed by atoms with van der Waals surface area (Å²) >= 11 is 1.40. The van der Waals surface area contributed by atoms with E-state index in [1.54, 1.807) is 0 Å². The van der Waals surface area contributed by atoms with Gasteiger partial charge in [0.05, 0.1) is 0 Å². The summed E-state index contributed by atoms with van der Waals surface area (Å²) < 4.78 is 5.32. The minimum absolute atomic E-state index is 0.0954. The first-order valence-electron chi connectivity index (χ1n) is 7.61. The Morgan fingerprint density at radius 3 is 2.81 bits per heavy atom. The number of ether oxygens (including phenoxy) is 1.